The van der Waals surface area contributed by atoms with E-state index >= 15 is 0 Å². The van der Waals surface area contributed by atoms with E-state index in [0.717, 1.165) is 12.0 Å². The van der Waals surface area contributed by atoms with E-state index in [-0.39, 0.29) is 24.5 Å². The average molecular weight is 397 g/mol. The summed E-state index contributed by atoms with van der Waals surface area (Å²) in [5, 5.41) is 2.89. The summed E-state index contributed by atoms with van der Waals surface area (Å²) < 4.78 is 5.69. The summed E-state index contributed by atoms with van der Waals surface area (Å²) in [6.45, 7) is 8.02. The zero-order chi connectivity index (χ0) is 21.2. The molecule has 0 fully saturated rings. The molecule has 1 atom stereocenters. The fourth-order valence-corrected chi connectivity index (χ4v) is 3.02. The van der Waals surface area contributed by atoms with Gasteiger partial charge in [0.25, 0.3) is 5.91 Å². The first-order valence-electron chi connectivity index (χ1n) is 10.3. The molecule has 2 aromatic rings. The zero-order valence-corrected chi connectivity index (χ0v) is 17.9. The molecule has 0 spiro atoms. The van der Waals surface area contributed by atoms with Crippen molar-refractivity contribution < 1.29 is 14.3 Å². The van der Waals surface area contributed by atoms with Gasteiger partial charge in [-0.2, -0.15) is 0 Å². The van der Waals surface area contributed by atoms with Crippen molar-refractivity contribution in [2.24, 2.45) is 0 Å². The van der Waals surface area contributed by atoms with Gasteiger partial charge in [-0.1, -0.05) is 49.4 Å². The van der Waals surface area contributed by atoms with Gasteiger partial charge in [0, 0.05) is 12.6 Å². The Bertz CT molecular complexity index is 772. The molecule has 0 aromatic heterocycles. The molecular formula is C24H32N2O3. The Balaban J connectivity index is 2.04. The summed E-state index contributed by atoms with van der Waals surface area (Å²) in [6.07, 6.45) is 1.63. The number of rotatable bonds is 10. The highest BCUT2D eigenvalue weighted by Gasteiger charge is 2.26. The van der Waals surface area contributed by atoms with Crippen LogP contribution in [0.4, 0.5) is 0 Å². The van der Waals surface area contributed by atoms with Crippen molar-refractivity contribution in [3.63, 3.8) is 0 Å². The number of nitrogens with zero attached hydrogens (tertiary/aromatic N) is 1. The zero-order valence-electron chi connectivity index (χ0n) is 17.9. The Hall–Kier alpha value is -2.82. The van der Waals surface area contributed by atoms with Crippen LogP contribution in [0, 0.1) is 0 Å². The van der Waals surface area contributed by atoms with Crippen LogP contribution in [-0.4, -0.2) is 41.9 Å². The maximum Gasteiger partial charge on any atom is 0.261 e. The third kappa shape index (κ3) is 7.26. The first-order valence-corrected chi connectivity index (χ1v) is 10.3. The van der Waals surface area contributed by atoms with Gasteiger partial charge in [-0.05, 0) is 56.9 Å². The predicted molar refractivity (Wildman–Crippen MR) is 116 cm³/mol. The van der Waals surface area contributed by atoms with Crippen LogP contribution >= 0.6 is 0 Å². The van der Waals surface area contributed by atoms with Crippen LogP contribution in [0.3, 0.4) is 0 Å². The Morgan fingerprint density at radius 2 is 1.62 bits per heavy atom. The van der Waals surface area contributed by atoms with Gasteiger partial charge in [-0.25, -0.2) is 0 Å². The topological polar surface area (TPSA) is 58.6 Å². The van der Waals surface area contributed by atoms with Crippen molar-refractivity contribution in [2.75, 3.05) is 13.2 Å². The van der Waals surface area contributed by atoms with Crippen molar-refractivity contribution in [3.05, 3.63) is 65.7 Å². The van der Waals surface area contributed by atoms with Gasteiger partial charge in [0.05, 0.1) is 0 Å². The van der Waals surface area contributed by atoms with E-state index in [1.54, 1.807) is 11.8 Å². The van der Waals surface area contributed by atoms with E-state index < -0.39 is 6.04 Å². The van der Waals surface area contributed by atoms with Gasteiger partial charge < -0.3 is 15.0 Å². The molecule has 0 bridgehead atoms. The van der Waals surface area contributed by atoms with Gasteiger partial charge in [0.2, 0.25) is 5.91 Å². The predicted octanol–water partition coefficient (Wildman–Crippen LogP) is 3.61. The number of nitrogens with one attached hydrogen (secondary N) is 1. The molecule has 0 aliphatic heterocycles. The van der Waals surface area contributed by atoms with Crippen LogP contribution in [0.1, 0.15) is 38.8 Å². The number of hydrogen-bond donors (Lipinski definition) is 1. The van der Waals surface area contributed by atoms with Crippen molar-refractivity contribution in [1.82, 2.24) is 10.2 Å². The second kappa shape index (κ2) is 11.2. The molecule has 156 valence electrons. The van der Waals surface area contributed by atoms with Crippen molar-refractivity contribution in [2.45, 2.75) is 52.6 Å². The summed E-state index contributed by atoms with van der Waals surface area (Å²) >= 11 is 0. The molecule has 1 N–H and O–H groups in total. The Labute approximate surface area is 174 Å². The summed E-state index contributed by atoms with van der Waals surface area (Å²) in [4.78, 5) is 27.0. The van der Waals surface area contributed by atoms with E-state index in [1.807, 2.05) is 68.4 Å². The molecule has 29 heavy (non-hydrogen) atoms. The fraction of sp³-hybridized carbons (Fsp3) is 0.417. The third-order valence-corrected chi connectivity index (χ3v) is 4.78. The van der Waals surface area contributed by atoms with E-state index in [1.165, 1.54) is 5.56 Å². The van der Waals surface area contributed by atoms with Crippen LogP contribution < -0.4 is 10.1 Å². The first-order chi connectivity index (χ1) is 13.9. The smallest absolute Gasteiger partial charge is 0.261 e. The number of amides is 2. The van der Waals surface area contributed by atoms with Crippen molar-refractivity contribution in [3.8, 4) is 5.75 Å². The molecule has 5 heteroatoms. The molecule has 0 saturated heterocycles. The van der Waals surface area contributed by atoms with Crippen LogP contribution in [0.5, 0.6) is 5.75 Å². The Kier molecular flexibility index (Phi) is 8.71. The standard InChI is InChI=1S/C24H32N2O3/c1-5-20-11-13-22(14-12-20)29-17-23(27)26(19(4)24(28)25-18(2)3)16-15-21-9-7-6-8-10-21/h6-14,18-19H,5,15-17H2,1-4H3,(H,25,28). The third-order valence-electron chi connectivity index (χ3n) is 4.78. The maximum atomic E-state index is 12.9. The quantitative estimate of drug-likeness (QED) is 0.667. The molecule has 0 radical (unpaired) electrons. The highest BCUT2D eigenvalue weighted by Crippen LogP contribution is 2.13. The number of hydrogen-bond acceptors (Lipinski definition) is 3. The minimum Gasteiger partial charge on any atom is -0.484 e. The number of carbonyl (C=O) groups excluding carboxylic acids is 2. The Morgan fingerprint density at radius 3 is 2.21 bits per heavy atom. The molecule has 0 saturated carbocycles. The normalized spacial score (nSPS) is 11.8. The van der Waals surface area contributed by atoms with Gasteiger partial charge in [0.1, 0.15) is 11.8 Å². The van der Waals surface area contributed by atoms with Gasteiger partial charge in [-0.3, -0.25) is 9.59 Å². The second-order valence-corrected chi connectivity index (χ2v) is 7.45. The van der Waals surface area contributed by atoms with Crippen LogP contribution in [0.25, 0.3) is 0 Å². The van der Waals surface area contributed by atoms with Gasteiger partial charge >= 0.3 is 0 Å². The molecule has 5 nitrogen and oxygen atoms in total. The monoisotopic (exact) mass is 396 g/mol. The molecule has 2 aromatic carbocycles. The lowest BCUT2D eigenvalue weighted by Crippen LogP contribution is -2.51. The second-order valence-electron chi connectivity index (χ2n) is 7.45. The molecule has 2 amide bonds. The summed E-state index contributed by atoms with van der Waals surface area (Å²) in [6, 6.07) is 17.1. The number of aryl methyl sites for hydroxylation is 1. The number of benzene rings is 2. The number of ether oxygens (including phenoxy) is 1. The Morgan fingerprint density at radius 1 is 0.966 bits per heavy atom. The van der Waals surface area contributed by atoms with Crippen molar-refractivity contribution >= 4 is 11.8 Å². The highest BCUT2D eigenvalue weighted by molar-refractivity contribution is 5.88. The molecule has 1 unspecified atom stereocenters. The SMILES string of the molecule is CCc1ccc(OCC(=O)N(CCc2ccccc2)C(C)C(=O)NC(C)C)cc1. The highest BCUT2D eigenvalue weighted by atomic mass is 16.5. The minimum absolute atomic E-state index is 0.0179. The van der Waals surface area contributed by atoms with E-state index in [0.29, 0.717) is 18.7 Å². The average Bonchev–Trinajstić information content (AvgIpc) is 2.72. The van der Waals surface area contributed by atoms with Crippen molar-refractivity contribution in [1.29, 1.82) is 0 Å². The maximum absolute atomic E-state index is 12.9. The molecule has 0 heterocycles. The molecule has 0 aliphatic rings. The fourth-order valence-electron chi connectivity index (χ4n) is 3.02. The molecular weight excluding hydrogens is 364 g/mol. The van der Waals surface area contributed by atoms with E-state index in [4.69, 9.17) is 4.74 Å². The van der Waals surface area contributed by atoms with Gasteiger partial charge in [0.15, 0.2) is 6.61 Å². The molecule has 2 rings (SSSR count). The van der Waals surface area contributed by atoms with Crippen LogP contribution in [0.2, 0.25) is 0 Å². The summed E-state index contributed by atoms with van der Waals surface area (Å²) in [5.74, 6) is 0.290. The lowest BCUT2D eigenvalue weighted by atomic mass is 10.1. The lowest BCUT2D eigenvalue weighted by molar-refractivity contribution is -0.141. The van der Waals surface area contributed by atoms with Crippen LogP contribution in [0.15, 0.2) is 54.6 Å². The summed E-state index contributed by atoms with van der Waals surface area (Å²) in [5.41, 5.74) is 2.34. The minimum atomic E-state index is -0.570. The number of carbonyl (C=O) groups is 2. The summed E-state index contributed by atoms with van der Waals surface area (Å²) in [7, 11) is 0. The van der Waals surface area contributed by atoms with E-state index in [2.05, 4.69) is 12.2 Å². The largest absolute Gasteiger partial charge is 0.484 e. The van der Waals surface area contributed by atoms with E-state index in [9.17, 15) is 9.59 Å². The first kappa shape index (κ1) is 22.5. The van der Waals surface area contributed by atoms with Crippen LogP contribution in [-0.2, 0) is 22.4 Å². The van der Waals surface area contributed by atoms with Gasteiger partial charge in [-0.15, -0.1) is 0 Å². The lowest BCUT2D eigenvalue weighted by Gasteiger charge is -2.29. The molecule has 0 aliphatic carbocycles.